The molecule has 1 aromatic carbocycles. The largest absolute Gasteiger partial charge is 0.376 e. The summed E-state index contributed by atoms with van der Waals surface area (Å²) in [6.07, 6.45) is 0.995. The van der Waals surface area contributed by atoms with E-state index in [-0.39, 0.29) is 11.9 Å². The highest BCUT2D eigenvalue weighted by Gasteiger charge is 2.15. The van der Waals surface area contributed by atoms with E-state index in [2.05, 4.69) is 26.1 Å². The van der Waals surface area contributed by atoms with Crippen LogP contribution in [0.1, 0.15) is 27.2 Å². The summed E-state index contributed by atoms with van der Waals surface area (Å²) < 4.78 is 0. The monoisotopic (exact) mass is 234 g/mol. The first kappa shape index (κ1) is 13.6. The number of hydrogen-bond donors (Lipinski definition) is 1. The Labute approximate surface area is 104 Å². The molecular formula is C14H22N2O. The smallest absolute Gasteiger partial charge is 0.242 e. The van der Waals surface area contributed by atoms with Crippen molar-refractivity contribution in [3.63, 3.8) is 0 Å². The molecule has 1 aromatic rings. The van der Waals surface area contributed by atoms with Crippen molar-refractivity contribution < 1.29 is 4.79 Å². The summed E-state index contributed by atoms with van der Waals surface area (Å²) in [7, 11) is 0. The lowest BCUT2D eigenvalue weighted by Gasteiger charge is -2.26. The van der Waals surface area contributed by atoms with E-state index < -0.39 is 0 Å². The van der Waals surface area contributed by atoms with Gasteiger partial charge >= 0.3 is 0 Å². The molecule has 0 radical (unpaired) electrons. The van der Waals surface area contributed by atoms with E-state index in [1.807, 2.05) is 35.2 Å². The fourth-order valence-corrected chi connectivity index (χ4v) is 1.75. The van der Waals surface area contributed by atoms with Crippen molar-refractivity contribution in [3.05, 3.63) is 30.3 Å². The van der Waals surface area contributed by atoms with Crippen LogP contribution in [0.2, 0.25) is 0 Å². The summed E-state index contributed by atoms with van der Waals surface area (Å²) in [5, 5.41) is 3.15. The van der Waals surface area contributed by atoms with Crippen LogP contribution in [0.5, 0.6) is 0 Å². The maximum atomic E-state index is 12.0. The van der Waals surface area contributed by atoms with Gasteiger partial charge in [0.2, 0.25) is 5.91 Å². The van der Waals surface area contributed by atoms with Crippen molar-refractivity contribution in [2.75, 3.05) is 18.4 Å². The second-order valence-corrected chi connectivity index (χ2v) is 4.40. The van der Waals surface area contributed by atoms with Gasteiger partial charge in [-0.2, -0.15) is 0 Å². The lowest BCUT2D eigenvalue weighted by atomic mass is 10.2. The normalized spacial score (nSPS) is 10.4. The molecule has 0 spiro atoms. The molecule has 94 valence electrons. The molecule has 0 unspecified atom stereocenters. The summed E-state index contributed by atoms with van der Waals surface area (Å²) in [4.78, 5) is 13.9. The molecule has 1 rings (SSSR count). The Morgan fingerprint density at radius 3 is 2.47 bits per heavy atom. The zero-order valence-corrected chi connectivity index (χ0v) is 10.9. The van der Waals surface area contributed by atoms with E-state index in [0.29, 0.717) is 6.54 Å². The predicted octanol–water partition coefficient (Wildman–Crippen LogP) is 2.75. The predicted molar refractivity (Wildman–Crippen MR) is 72.1 cm³/mol. The second kappa shape index (κ2) is 6.94. The number of nitrogens with zero attached hydrogens (tertiary/aromatic N) is 1. The quantitative estimate of drug-likeness (QED) is 0.821. The van der Waals surface area contributed by atoms with E-state index in [9.17, 15) is 4.79 Å². The van der Waals surface area contributed by atoms with Crippen LogP contribution in [0.3, 0.4) is 0 Å². The van der Waals surface area contributed by atoms with Gasteiger partial charge in [-0.1, -0.05) is 25.1 Å². The highest BCUT2D eigenvalue weighted by atomic mass is 16.2. The average molecular weight is 234 g/mol. The highest BCUT2D eigenvalue weighted by molar-refractivity contribution is 5.81. The zero-order valence-electron chi connectivity index (χ0n) is 10.9. The summed E-state index contributed by atoms with van der Waals surface area (Å²) in [6.45, 7) is 7.38. The topological polar surface area (TPSA) is 32.3 Å². The first-order chi connectivity index (χ1) is 8.15. The van der Waals surface area contributed by atoms with Crippen LogP contribution in [0.25, 0.3) is 0 Å². The lowest BCUT2D eigenvalue weighted by Crippen LogP contribution is -2.40. The van der Waals surface area contributed by atoms with Gasteiger partial charge < -0.3 is 10.2 Å². The Morgan fingerprint density at radius 1 is 1.29 bits per heavy atom. The fraction of sp³-hybridized carbons (Fsp3) is 0.500. The molecule has 0 saturated carbocycles. The van der Waals surface area contributed by atoms with Gasteiger partial charge in [0.25, 0.3) is 0 Å². The first-order valence-corrected chi connectivity index (χ1v) is 6.23. The van der Waals surface area contributed by atoms with Crippen molar-refractivity contribution in [2.45, 2.75) is 33.2 Å². The van der Waals surface area contributed by atoms with Crippen LogP contribution in [-0.4, -0.2) is 29.9 Å². The Morgan fingerprint density at radius 2 is 1.94 bits per heavy atom. The molecule has 17 heavy (non-hydrogen) atoms. The minimum atomic E-state index is 0.158. The molecule has 0 aliphatic rings. The summed E-state index contributed by atoms with van der Waals surface area (Å²) >= 11 is 0. The van der Waals surface area contributed by atoms with Crippen molar-refractivity contribution in [3.8, 4) is 0 Å². The van der Waals surface area contributed by atoms with Gasteiger partial charge in [0.05, 0.1) is 6.54 Å². The van der Waals surface area contributed by atoms with E-state index >= 15 is 0 Å². The molecule has 1 N–H and O–H groups in total. The average Bonchev–Trinajstić information content (AvgIpc) is 2.34. The zero-order chi connectivity index (χ0) is 12.7. The molecule has 0 atom stereocenters. The molecule has 0 aliphatic heterocycles. The molecule has 3 nitrogen and oxygen atoms in total. The minimum absolute atomic E-state index is 0.158. The standard InChI is InChI=1S/C14H22N2O/c1-4-10-16(12(2)3)14(17)11-15-13-8-6-5-7-9-13/h5-9,12,15H,4,10-11H2,1-3H3. The molecule has 1 amide bonds. The van der Waals surface area contributed by atoms with Gasteiger partial charge in [-0.3, -0.25) is 4.79 Å². The molecule has 0 aliphatic carbocycles. The van der Waals surface area contributed by atoms with Gasteiger partial charge in [0.1, 0.15) is 0 Å². The van der Waals surface area contributed by atoms with E-state index in [1.54, 1.807) is 0 Å². The van der Waals surface area contributed by atoms with Crippen molar-refractivity contribution in [2.24, 2.45) is 0 Å². The fourth-order valence-electron chi connectivity index (χ4n) is 1.75. The first-order valence-electron chi connectivity index (χ1n) is 6.23. The van der Waals surface area contributed by atoms with Crippen LogP contribution in [0, 0.1) is 0 Å². The van der Waals surface area contributed by atoms with E-state index in [1.165, 1.54) is 0 Å². The third-order valence-corrected chi connectivity index (χ3v) is 2.63. The lowest BCUT2D eigenvalue weighted by molar-refractivity contribution is -0.130. The highest BCUT2D eigenvalue weighted by Crippen LogP contribution is 2.06. The Hall–Kier alpha value is -1.51. The van der Waals surface area contributed by atoms with E-state index in [4.69, 9.17) is 0 Å². The van der Waals surface area contributed by atoms with Crippen molar-refractivity contribution in [1.29, 1.82) is 0 Å². The molecule has 0 aromatic heterocycles. The number of carbonyl (C=O) groups is 1. The minimum Gasteiger partial charge on any atom is -0.376 e. The van der Waals surface area contributed by atoms with Crippen LogP contribution >= 0.6 is 0 Å². The molecular weight excluding hydrogens is 212 g/mol. The number of para-hydroxylation sites is 1. The van der Waals surface area contributed by atoms with E-state index in [0.717, 1.165) is 18.7 Å². The van der Waals surface area contributed by atoms with Gasteiger partial charge in [0.15, 0.2) is 0 Å². The van der Waals surface area contributed by atoms with Crippen LogP contribution < -0.4 is 5.32 Å². The number of benzene rings is 1. The number of nitrogens with one attached hydrogen (secondary N) is 1. The van der Waals surface area contributed by atoms with Gasteiger partial charge in [-0.25, -0.2) is 0 Å². The number of anilines is 1. The van der Waals surface area contributed by atoms with Gasteiger partial charge in [-0.15, -0.1) is 0 Å². The van der Waals surface area contributed by atoms with Gasteiger partial charge in [-0.05, 0) is 32.4 Å². The maximum absolute atomic E-state index is 12.0. The molecule has 3 heteroatoms. The Balaban J connectivity index is 2.47. The van der Waals surface area contributed by atoms with Crippen LogP contribution in [0.4, 0.5) is 5.69 Å². The SMILES string of the molecule is CCCN(C(=O)CNc1ccccc1)C(C)C. The van der Waals surface area contributed by atoms with Crippen molar-refractivity contribution >= 4 is 11.6 Å². The third-order valence-electron chi connectivity index (χ3n) is 2.63. The Kier molecular flexibility index (Phi) is 5.53. The maximum Gasteiger partial charge on any atom is 0.242 e. The molecule has 0 fully saturated rings. The van der Waals surface area contributed by atoms with Gasteiger partial charge in [0, 0.05) is 18.3 Å². The summed E-state index contributed by atoms with van der Waals surface area (Å²) in [5.74, 6) is 0.158. The number of hydrogen-bond acceptors (Lipinski definition) is 2. The molecule has 0 heterocycles. The second-order valence-electron chi connectivity index (χ2n) is 4.40. The number of amides is 1. The third kappa shape index (κ3) is 4.47. The van der Waals surface area contributed by atoms with Crippen molar-refractivity contribution in [1.82, 2.24) is 4.90 Å². The van der Waals surface area contributed by atoms with Crippen LogP contribution in [-0.2, 0) is 4.79 Å². The Bertz CT molecular complexity index is 335. The molecule has 0 bridgehead atoms. The summed E-state index contributed by atoms with van der Waals surface area (Å²) in [5.41, 5.74) is 0.987. The molecule has 0 saturated heterocycles. The van der Waals surface area contributed by atoms with Crippen LogP contribution in [0.15, 0.2) is 30.3 Å². The number of carbonyl (C=O) groups excluding carboxylic acids is 1. The number of rotatable bonds is 6. The summed E-state index contributed by atoms with van der Waals surface area (Å²) in [6, 6.07) is 10.1.